The molecule has 2 rings (SSSR count). The Morgan fingerprint density at radius 2 is 2.22 bits per heavy atom. The van der Waals surface area contributed by atoms with Crippen LogP contribution >= 0.6 is 15.9 Å². The van der Waals surface area contributed by atoms with Gasteiger partial charge in [0.1, 0.15) is 10.6 Å². The minimum Gasteiger partial charge on any atom is -0.391 e. The van der Waals surface area contributed by atoms with E-state index in [1.54, 1.807) is 12.1 Å². The number of rotatable bonds is 2. The van der Waals surface area contributed by atoms with Crippen molar-refractivity contribution in [1.29, 1.82) is 0 Å². The number of β-amino-alcohol motifs (C(OH)–C–C–N with tert-alkyl or cyclic N) is 1. The Hall–Kier alpha value is -1.47. The van der Waals surface area contributed by atoms with Crippen LogP contribution in [0, 0.1) is 0 Å². The van der Waals surface area contributed by atoms with E-state index >= 15 is 0 Å². The predicted octanol–water partition coefficient (Wildman–Crippen LogP) is -0.0952. The lowest BCUT2D eigenvalue weighted by atomic mass is 10.2. The molecule has 1 fully saturated rings. The molecule has 18 heavy (non-hydrogen) atoms. The molecule has 0 saturated carbocycles. The van der Waals surface area contributed by atoms with Gasteiger partial charge in [-0.25, -0.2) is 4.98 Å². The number of pyridine rings is 1. The fourth-order valence-corrected chi connectivity index (χ4v) is 2.21. The first-order valence-corrected chi connectivity index (χ1v) is 6.18. The highest BCUT2D eigenvalue weighted by Gasteiger charge is 2.38. The van der Waals surface area contributed by atoms with Gasteiger partial charge in [0.25, 0.3) is 5.91 Å². The van der Waals surface area contributed by atoms with Crippen molar-refractivity contribution in [2.45, 2.75) is 18.6 Å². The Labute approximate surface area is 112 Å². The van der Waals surface area contributed by atoms with Crippen LogP contribution in [-0.2, 0) is 4.79 Å². The van der Waals surface area contributed by atoms with E-state index in [4.69, 9.17) is 5.73 Å². The number of aliphatic hydroxyl groups excluding tert-OH is 1. The third kappa shape index (κ3) is 2.51. The second kappa shape index (κ2) is 5.03. The van der Waals surface area contributed by atoms with Gasteiger partial charge in [0.15, 0.2) is 0 Å². The molecule has 2 atom stereocenters. The van der Waals surface area contributed by atoms with Crippen molar-refractivity contribution in [2.24, 2.45) is 5.73 Å². The average molecular weight is 314 g/mol. The Bertz CT molecular complexity index is 477. The van der Waals surface area contributed by atoms with Gasteiger partial charge in [0.05, 0.1) is 11.7 Å². The number of halogens is 1. The number of aromatic nitrogens is 1. The monoisotopic (exact) mass is 313 g/mol. The molecule has 2 unspecified atom stereocenters. The molecule has 0 bridgehead atoms. The van der Waals surface area contributed by atoms with Gasteiger partial charge in [0, 0.05) is 19.2 Å². The molecular weight excluding hydrogens is 302 g/mol. The number of nitrogens with two attached hydrogens (primary N) is 1. The van der Waals surface area contributed by atoms with E-state index < -0.39 is 18.1 Å². The fraction of sp³-hybridized carbons (Fsp3) is 0.364. The fourth-order valence-electron chi connectivity index (χ4n) is 1.98. The lowest BCUT2D eigenvalue weighted by Gasteiger charge is -2.21. The van der Waals surface area contributed by atoms with Crippen LogP contribution in [0.15, 0.2) is 22.9 Å². The maximum absolute atomic E-state index is 12.2. The highest BCUT2D eigenvalue weighted by Crippen LogP contribution is 2.20. The van der Waals surface area contributed by atoms with Crippen LogP contribution in [0.3, 0.4) is 0 Å². The van der Waals surface area contributed by atoms with Crippen molar-refractivity contribution in [3.05, 3.63) is 28.5 Å². The zero-order chi connectivity index (χ0) is 13.3. The molecule has 6 nitrogen and oxygen atoms in total. The summed E-state index contributed by atoms with van der Waals surface area (Å²) in [6.45, 7) is 0.114. The summed E-state index contributed by atoms with van der Waals surface area (Å²) in [4.78, 5) is 28.7. The summed E-state index contributed by atoms with van der Waals surface area (Å²) in [6.07, 6.45) is 0.884. The predicted molar refractivity (Wildman–Crippen MR) is 66.6 cm³/mol. The molecule has 1 aromatic rings. The van der Waals surface area contributed by atoms with Gasteiger partial charge in [-0.15, -0.1) is 0 Å². The van der Waals surface area contributed by atoms with Gasteiger partial charge < -0.3 is 15.7 Å². The Balaban J connectivity index is 2.22. The van der Waals surface area contributed by atoms with Crippen molar-refractivity contribution >= 4 is 27.7 Å². The lowest BCUT2D eigenvalue weighted by molar-refractivity contribution is -0.121. The summed E-state index contributed by atoms with van der Waals surface area (Å²) in [6, 6.07) is 2.48. The summed E-state index contributed by atoms with van der Waals surface area (Å²) >= 11 is 3.17. The van der Waals surface area contributed by atoms with Gasteiger partial charge in [-0.2, -0.15) is 0 Å². The summed E-state index contributed by atoms with van der Waals surface area (Å²) in [5.41, 5.74) is 5.58. The zero-order valence-electron chi connectivity index (χ0n) is 9.41. The molecule has 7 heteroatoms. The Morgan fingerprint density at radius 3 is 2.78 bits per heavy atom. The van der Waals surface area contributed by atoms with E-state index in [9.17, 15) is 14.7 Å². The number of carbonyl (C=O) groups excluding carboxylic acids is 2. The molecule has 2 amide bonds. The first-order valence-electron chi connectivity index (χ1n) is 5.39. The molecule has 3 N–H and O–H groups in total. The quantitative estimate of drug-likeness (QED) is 0.745. The van der Waals surface area contributed by atoms with Crippen LogP contribution in [0.1, 0.15) is 16.8 Å². The van der Waals surface area contributed by atoms with E-state index in [0.717, 1.165) is 0 Å². The van der Waals surface area contributed by atoms with Gasteiger partial charge in [-0.1, -0.05) is 0 Å². The molecule has 0 spiro atoms. The Morgan fingerprint density at radius 1 is 1.50 bits per heavy atom. The number of hydrogen-bond donors (Lipinski definition) is 2. The number of likely N-dealkylation sites (tertiary alicyclic amines) is 1. The number of carbonyl (C=O) groups is 2. The SMILES string of the molecule is NC(=O)C1CC(O)CN1C(=O)c1ccc(Br)nc1. The molecule has 96 valence electrons. The normalized spacial score (nSPS) is 23.1. The highest BCUT2D eigenvalue weighted by molar-refractivity contribution is 9.10. The molecule has 0 aromatic carbocycles. The second-order valence-corrected chi connectivity index (χ2v) is 4.95. The van der Waals surface area contributed by atoms with E-state index in [-0.39, 0.29) is 18.9 Å². The van der Waals surface area contributed by atoms with E-state index in [1.165, 1.54) is 11.1 Å². The third-order valence-corrected chi connectivity index (χ3v) is 3.31. The minimum absolute atomic E-state index is 0.114. The van der Waals surface area contributed by atoms with Crippen molar-refractivity contribution in [3.8, 4) is 0 Å². The highest BCUT2D eigenvalue weighted by atomic mass is 79.9. The average Bonchev–Trinajstić information content (AvgIpc) is 2.71. The Kier molecular flexibility index (Phi) is 3.63. The molecule has 2 heterocycles. The van der Waals surface area contributed by atoms with Gasteiger partial charge in [0.2, 0.25) is 5.91 Å². The number of nitrogens with zero attached hydrogens (tertiary/aromatic N) is 2. The molecular formula is C11H12BrN3O3. The zero-order valence-corrected chi connectivity index (χ0v) is 11.0. The first-order chi connectivity index (χ1) is 8.49. The summed E-state index contributed by atoms with van der Waals surface area (Å²) in [5.74, 6) is -0.958. The molecule has 1 aromatic heterocycles. The molecule has 1 saturated heterocycles. The van der Waals surface area contributed by atoms with Crippen LogP contribution in [-0.4, -0.2) is 45.5 Å². The number of amides is 2. The van der Waals surface area contributed by atoms with Crippen molar-refractivity contribution < 1.29 is 14.7 Å². The summed E-state index contributed by atoms with van der Waals surface area (Å²) in [5, 5.41) is 9.53. The number of primary amides is 1. The summed E-state index contributed by atoms with van der Waals surface area (Å²) < 4.78 is 0.618. The van der Waals surface area contributed by atoms with Gasteiger partial charge in [-0.3, -0.25) is 9.59 Å². The van der Waals surface area contributed by atoms with Crippen LogP contribution in [0.5, 0.6) is 0 Å². The topological polar surface area (TPSA) is 96.5 Å². The minimum atomic E-state index is -0.754. The van der Waals surface area contributed by atoms with E-state index in [2.05, 4.69) is 20.9 Å². The van der Waals surface area contributed by atoms with E-state index in [1.807, 2.05) is 0 Å². The molecule has 1 aliphatic heterocycles. The van der Waals surface area contributed by atoms with Crippen LogP contribution in [0.4, 0.5) is 0 Å². The van der Waals surface area contributed by atoms with Crippen molar-refractivity contribution in [2.75, 3.05) is 6.54 Å². The van der Waals surface area contributed by atoms with Crippen LogP contribution < -0.4 is 5.73 Å². The standard InChI is InChI=1S/C11H12BrN3O3/c12-9-2-1-6(4-14-9)11(18)15-5-7(16)3-8(15)10(13)17/h1-2,4,7-8,16H,3,5H2,(H2,13,17). The van der Waals surface area contributed by atoms with Crippen molar-refractivity contribution in [1.82, 2.24) is 9.88 Å². The maximum atomic E-state index is 12.2. The molecule has 1 aliphatic rings. The van der Waals surface area contributed by atoms with E-state index in [0.29, 0.717) is 10.2 Å². The maximum Gasteiger partial charge on any atom is 0.256 e. The summed E-state index contributed by atoms with van der Waals surface area (Å²) in [7, 11) is 0. The molecule has 0 aliphatic carbocycles. The van der Waals surface area contributed by atoms with Crippen molar-refractivity contribution in [3.63, 3.8) is 0 Å². The van der Waals surface area contributed by atoms with Gasteiger partial charge >= 0.3 is 0 Å². The number of aliphatic hydroxyl groups is 1. The molecule has 0 radical (unpaired) electrons. The smallest absolute Gasteiger partial charge is 0.256 e. The first kappa shape index (κ1) is 13.0. The van der Waals surface area contributed by atoms with Crippen LogP contribution in [0.25, 0.3) is 0 Å². The lowest BCUT2D eigenvalue weighted by Crippen LogP contribution is -2.43. The largest absolute Gasteiger partial charge is 0.391 e. The second-order valence-electron chi connectivity index (χ2n) is 4.13. The van der Waals surface area contributed by atoms with Gasteiger partial charge in [-0.05, 0) is 28.1 Å². The van der Waals surface area contributed by atoms with Crippen LogP contribution in [0.2, 0.25) is 0 Å². The third-order valence-electron chi connectivity index (χ3n) is 2.84. The number of hydrogen-bond acceptors (Lipinski definition) is 4.